The topological polar surface area (TPSA) is 44.6 Å². The van der Waals surface area contributed by atoms with E-state index >= 15 is 0 Å². The summed E-state index contributed by atoms with van der Waals surface area (Å²) in [5.74, 6) is -0.342. The number of aliphatic hydroxyl groups is 1. The minimum absolute atomic E-state index is 0. The van der Waals surface area contributed by atoms with E-state index in [1.54, 1.807) is 12.1 Å². The van der Waals surface area contributed by atoms with Gasteiger partial charge in [0.2, 0.25) is 0 Å². The van der Waals surface area contributed by atoms with E-state index in [1.807, 2.05) is 12.1 Å². The van der Waals surface area contributed by atoms with E-state index in [-0.39, 0.29) is 51.0 Å². The molecule has 2 heterocycles. The van der Waals surface area contributed by atoms with Crippen LogP contribution >= 0.6 is 0 Å². The molecule has 0 saturated carbocycles. The fourth-order valence-electron chi connectivity index (χ4n) is 3.49. The van der Waals surface area contributed by atoms with Gasteiger partial charge in [-0.2, -0.15) is 0 Å². The summed E-state index contributed by atoms with van der Waals surface area (Å²) in [4.78, 5) is 4.48. The van der Waals surface area contributed by atoms with Crippen LogP contribution in [0.1, 0.15) is 58.1 Å². The molecule has 1 unspecified atom stereocenters. The predicted molar refractivity (Wildman–Crippen MR) is 118 cm³/mol. The van der Waals surface area contributed by atoms with E-state index in [1.165, 1.54) is 36.2 Å². The Morgan fingerprint density at radius 2 is 1.43 bits per heavy atom. The Hall–Kier alpha value is -1.05. The summed E-state index contributed by atoms with van der Waals surface area (Å²) in [6.45, 7) is 4.29. The van der Waals surface area contributed by atoms with Gasteiger partial charge in [0.25, 0.3) is 0 Å². The maximum absolute atomic E-state index is 12.6. The van der Waals surface area contributed by atoms with Crippen molar-refractivity contribution in [3.05, 3.63) is 71.3 Å². The van der Waals surface area contributed by atoms with Crippen LogP contribution in [0.3, 0.4) is 0 Å². The first-order chi connectivity index (χ1) is 13.5. The number of aliphatic hydroxyl groups excluding tert-OH is 1. The molecule has 2 aromatic rings. The van der Waals surface area contributed by atoms with Gasteiger partial charge >= 0.3 is 29.6 Å². The first-order valence-corrected chi connectivity index (χ1v) is 9.80. The van der Waals surface area contributed by atoms with Gasteiger partial charge in [0.1, 0.15) is 11.6 Å². The maximum atomic E-state index is 12.6. The molecule has 2 aromatic carbocycles. The number of nitrogens with one attached hydrogen (secondary N) is 1. The molecule has 1 fully saturated rings. The van der Waals surface area contributed by atoms with Crippen molar-refractivity contribution in [2.75, 3.05) is 7.11 Å². The van der Waals surface area contributed by atoms with Gasteiger partial charge in [-0.05, 0) is 74.9 Å². The van der Waals surface area contributed by atoms with E-state index < -0.39 is 0 Å². The normalized spacial score (nSPS) is 21.7. The van der Waals surface area contributed by atoms with Crippen LogP contribution in [0.25, 0.3) is 0 Å². The largest absolute Gasteiger partial charge is 1.00 e. The third kappa shape index (κ3) is 8.99. The molecule has 0 bridgehead atoms. The first kappa shape index (κ1) is 29.0. The SMILES string of the molecule is CO.C[C@@H]1CCC(c2ccc(F)cc2)=N1.C[C@@H]1CCC(c2ccc(F)cc2)N1.[B].[H-].[Na+]. The fourth-order valence-corrected chi connectivity index (χ4v) is 3.49. The summed E-state index contributed by atoms with van der Waals surface area (Å²) < 4.78 is 25.2. The maximum Gasteiger partial charge on any atom is 1.00 e. The molecule has 1 saturated heterocycles. The van der Waals surface area contributed by atoms with E-state index in [9.17, 15) is 8.78 Å². The van der Waals surface area contributed by atoms with Crippen molar-refractivity contribution in [1.82, 2.24) is 5.32 Å². The number of hydrogen-bond donors (Lipinski definition) is 2. The number of hydrogen-bond acceptors (Lipinski definition) is 3. The van der Waals surface area contributed by atoms with Crippen molar-refractivity contribution < 1.29 is 44.9 Å². The first-order valence-electron chi connectivity index (χ1n) is 9.80. The Morgan fingerprint density at radius 3 is 1.87 bits per heavy atom. The van der Waals surface area contributed by atoms with Crippen LogP contribution in [0.15, 0.2) is 53.5 Å². The average Bonchev–Trinajstić information content (AvgIpc) is 3.34. The smallest absolute Gasteiger partial charge is 1.00 e. The minimum Gasteiger partial charge on any atom is -1.00 e. The van der Waals surface area contributed by atoms with Crippen molar-refractivity contribution >= 4 is 14.1 Å². The second-order valence-corrected chi connectivity index (χ2v) is 7.22. The summed E-state index contributed by atoms with van der Waals surface area (Å²) in [7, 11) is 1.00. The van der Waals surface area contributed by atoms with Crippen molar-refractivity contribution in [1.29, 1.82) is 0 Å². The number of aliphatic imine (C=N–C) groups is 1. The molecule has 3 nitrogen and oxygen atoms in total. The van der Waals surface area contributed by atoms with E-state index in [2.05, 4.69) is 24.2 Å². The molecule has 3 radical (unpaired) electrons. The molecule has 0 amide bonds. The molecular formula is C23H31BF2N2NaO. The second-order valence-electron chi connectivity index (χ2n) is 7.22. The molecule has 2 aliphatic rings. The van der Waals surface area contributed by atoms with Gasteiger partial charge < -0.3 is 11.8 Å². The quantitative estimate of drug-likeness (QED) is 0.724. The van der Waals surface area contributed by atoms with Crippen molar-refractivity contribution in [3.63, 3.8) is 0 Å². The standard InChI is InChI=1S/C11H14FN.C11H12FN.CH4O.B.Na.H/c2*1-8-2-7-11(13-8)9-3-5-10(12)6-4-9;1-2;;;/h3-6,8,11,13H,2,7H2,1H3;3-6,8H,2,7H2,1H3;2H,1H3;;;/q;;;;+1;-1/t8-,11?;8-;;;;/m11..../s1. The third-order valence-electron chi connectivity index (χ3n) is 5.00. The Morgan fingerprint density at radius 1 is 0.900 bits per heavy atom. The number of rotatable bonds is 2. The van der Waals surface area contributed by atoms with Gasteiger partial charge in [-0.15, -0.1) is 0 Å². The van der Waals surface area contributed by atoms with Crippen LogP contribution in [-0.4, -0.2) is 38.4 Å². The van der Waals surface area contributed by atoms with Crippen LogP contribution in [0, 0.1) is 11.6 Å². The molecule has 30 heavy (non-hydrogen) atoms. The summed E-state index contributed by atoms with van der Waals surface area (Å²) in [5.41, 5.74) is 3.38. The summed E-state index contributed by atoms with van der Waals surface area (Å²) >= 11 is 0. The molecule has 3 atom stereocenters. The van der Waals surface area contributed by atoms with Crippen LogP contribution in [0.5, 0.6) is 0 Å². The average molecular weight is 423 g/mol. The zero-order valence-electron chi connectivity index (χ0n) is 19.4. The van der Waals surface area contributed by atoms with Crippen LogP contribution in [-0.2, 0) is 0 Å². The van der Waals surface area contributed by atoms with Crippen molar-refractivity contribution in [2.24, 2.45) is 4.99 Å². The third-order valence-corrected chi connectivity index (χ3v) is 5.00. The van der Waals surface area contributed by atoms with Crippen LogP contribution in [0.4, 0.5) is 8.78 Å². The fraction of sp³-hybridized carbons (Fsp3) is 0.435. The second kappa shape index (κ2) is 14.9. The van der Waals surface area contributed by atoms with Crippen LogP contribution < -0.4 is 34.9 Å². The van der Waals surface area contributed by atoms with Crippen molar-refractivity contribution in [2.45, 2.75) is 57.7 Å². The monoisotopic (exact) mass is 423 g/mol. The molecule has 0 aromatic heterocycles. The number of benzene rings is 2. The van der Waals surface area contributed by atoms with Gasteiger partial charge in [-0.25, -0.2) is 8.78 Å². The van der Waals surface area contributed by atoms with Crippen molar-refractivity contribution in [3.8, 4) is 0 Å². The van der Waals surface area contributed by atoms with Gasteiger partial charge in [0.15, 0.2) is 0 Å². The Balaban J connectivity index is 0. The molecule has 0 spiro atoms. The Bertz CT molecular complexity index is 763. The Labute approximate surface area is 204 Å². The van der Waals surface area contributed by atoms with Gasteiger partial charge in [-0.1, -0.05) is 24.3 Å². The zero-order valence-corrected chi connectivity index (χ0v) is 20.4. The Kier molecular flexibility index (Phi) is 14.4. The van der Waals surface area contributed by atoms with Gasteiger partial charge in [0, 0.05) is 39.4 Å². The number of halogens is 2. The molecule has 0 aliphatic carbocycles. The summed E-state index contributed by atoms with van der Waals surface area (Å²) in [5, 5.41) is 10.5. The molecule has 2 aliphatic heterocycles. The molecule has 2 N–H and O–H groups in total. The van der Waals surface area contributed by atoms with Gasteiger partial charge in [-0.3, -0.25) is 4.99 Å². The van der Waals surface area contributed by atoms with E-state index in [4.69, 9.17) is 5.11 Å². The van der Waals surface area contributed by atoms with E-state index in [0.717, 1.165) is 37.6 Å². The predicted octanol–water partition coefficient (Wildman–Crippen LogP) is 1.78. The summed E-state index contributed by atoms with van der Waals surface area (Å²) in [6, 6.07) is 14.8. The molecule has 7 heteroatoms. The molecular weight excluding hydrogens is 392 g/mol. The number of nitrogens with zero attached hydrogens (tertiary/aromatic N) is 1. The molecule has 4 rings (SSSR count). The summed E-state index contributed by atoms with van der Waals surface area (Å²) in [6.07, 6.45) is 4.51. The van der Waals surface area contributed by atoms with E-state index in [0.29, 0.717) is 18.1 Å². The minimum atomic E-state index is -0.185. The van der Waals surface area contributed by atoms with Gasteiger partial charge in [0.05, 0.1) is 0 Å². The molecule has 157 valence electrons. The van der Waals surface area contributed by atoms with Crippen LogP contribution in [0.2, 0.25) is 0 Å². The zero-order chi connectivity index (χ0) is 20.5.